The van der Waals surface area contributed by atoms with Gasteiger partial charge in [0, 0.05) is 0 Å². The van der Waals surface area contributed by atoms with Crippen molar-refractivity contribution in [2.24, 2.45) is 34.5 Å². The molecule has 0 amide bonds. The molecule has 4 fully saturated rings. The van der Waals surface area contributed by atoms with E-state index in [9.17, 15) is 10.2 Å². The molecule has 0 unspecified atom stereocenters. The molecule has 0 spiro atoms. The molecule has 0 aromatic carbocycles. The van der Waals surface area contributed by atoms with Crippen molar-refractivity contribution < 1.29 is 10.2 Å². The van der Waals surface area contributed by atoms with Crippen molar-refractivity contribution in [3.63, 3.8) is 0 Å². The van der Waals surface area contributed by atoms with Crippen molar-refractivity contribution >= 4 is 0 Å². The van der Waals surface area contributed by atoms with Gasteiger partial charge in [-0.25, -0.2) is 0 Å². The maximum absolute atomic E-state index is 10.5. The second kappa shape index (κ2) is 4.71. The van der Waals surface area contributed by atoms with Crippen LogP contribution in [0.2, 0.25) is 0 Å². The first-order valence-electron chi connectivity index (χ1n) is 9.31. The zero-order valence-electron chi connectivity index (χ0n) is 13.7. The standard InChI is InChI=1S/C19H32O2/c1-18-9-7-13(20)11-12(18)3-4-14-15-5-6-17(21)19(15,2)10-8-16(14)18/h12-17,20-21H,3-11H2,1-2H3/t12-,13-,14+,15+,16-,17-,18+,19+/m1/s1. The topological polar surface area (TPSA) is 40.5 Å². The van der Waals surface area contributed by atoms with Crippen LogP contribution in [0.5, 0.6) is 0 Å². The molecule has 8 atom stereocenters. The molecule has 0 aromatic heterocycles. The van der Waals surface area contributed by atoms with Crippen LogP contribution in [0.3, 0.4) is 0 Å². The highest BCUT2D eigenvalue weighted by Crippen LogP contribution is 2.66. The van der Waals surface area contributed by atoms with Crippen LogP contribution in [-0.2, 0) is 0 Å². The average molecular weight is 292 g/mol. The van der Waals surface area contributed by atoms with Gasteiger partial charge in [0.2, 0.25) is 0 Å². The molecule has 0 radical (unpaired) electrons. The predicted molar refractivity (Wildman–Crippen MR) is 83.7 cm³/mol. The summed E-state index contributed by atoms with van der Waals surface area (Å²) in [6.07, 6.45) is 10.7. The van der Waals surface area contributed by atoms with Gasteiger partial charge in [0.1, 0.15) is 0 Å². The van der Waals surface area contributed by atoms with Crippen LogP contribution in [0.15, 0.2) is 0 Å². The highest BCUT2D eigenvalue weighted by molar-refractivity contribution is 5.09. The van der Waals surface area contributed by atoms with Crippen molar-refractivity contribution in [2.45, 2.75) is 83.8 Å². The summed E-state index contributed by atoms with van der Waals surface area (Å²) in [7, 11) is 0. The van der Waals surface area contributed by atoms with Gasteiger partial charge in [-0.05, 0) is 92.3 Å². The number of aliphatic hydroxyl groups is 2. The van der Waals surface area contributed by atoms with Gasteiger partial charge in [0.25, 0.3) is 0 Å². The molecule has 4 aliphatic carbocycles. The monoisotopic (exact) mass is 292 g/mol. The highest BCUT2D eigenvalue weighted by Gasteiger charge is 2.59. The van der Waals surface area contributed by atoms with Crippen LogP contribution in [0.4, 0.5) is 0 Å². The molecule has 4 aliphatic rings. The van der Waals surface area contributed by atoms with Gasteiger partial charge in [-0.3, -0.25) is 0 Å². The Balaban J connectivity index is 1.62. The van der Waals surface area contributed by atoms with Crippen LogP contribution in [-0.4, -0.2) is 22.4 Å². The van der Waals surface area contributed by atoms with E-state index in [4.69, 9.17) is 0 Å². The summed E-state index contributed by atoms with van der Waals surface area (Å²) in [5, 5.41) is 20.5. The van der Waals surface area contributed by atoms with E-state index >= 15 is 0 Å². The predicted octanol–water partition coefficient (Wildman–Crippen LogP) is 3.75. The van der Waals surface area contributed by atoms with Crippen LogP contribution in [0.1, 0.15) is 71.6 Å². The molecule has 2 N–H and O–H groups in total. The summed E-state index contributed by atoms with van der Waals surface area (Å²) < 4.78 is 0. The fourth-order valence-corrected chi connectivity index (χ4v) is 7.21. The zero-order chi connectivity index (χ0) is 14.8. The minimum absolute atomic E-state index is 0.0400. The lowest BCUT2D eigenvalue weighted by Gasteiger charge is -2.60. The van der Waals surface area contributed by atoms with Gasteiger partial charge in [0.15, 0.2) is 0 Å². The second-order valence-corrected chi connectivity index (χ2v) is 9.22. The van der Waals surface area contributed by atoms with Crippen molar-refractivity contribution in [1.82, 2.24) is 0 Å². The molecule has 4 saturated carbocycles. The quantitative estimate of drug-likeness (QED) is 0.714. The lowest BCUT2D eigenvalue weighted by molar-refractivity contribution is -0.133. The van der Waals surface area contributed by atoms with Crippen LogP contribution in [0.25, 0.3) is 0 Å². The van der Waals surface area contributed by atoms with E-state index in [1.807, 2.05) is 0 Å². The SMILES string of the molecule is C[C@]12CC[C@@H](O)C[C@H]1CC[C@@H]1[C@H]2CC[C@]2(C)[C@H](O)CC[C@@H]12. The fraction of sp³-hybridized carbons (Fsp3) is 1.00. The molecule has 0 heterocycles. The summed E-state index contributed by atoms with van der Waals surface area (Å²) in [6.45, 7) is 4.90. The van der Waals surface area contributed by atoms with Gasteiger partial charge < -0.3 is 10.2 Å². The Kier molecular flexibility index (Phi) is 3.25. The highest BCUT2D eigenvalue weighted by atomic mass is 16.3. The van der Waals surface area contributed by atoms with Crippen molar-refractivity contribution in [3.05, 3.63) is 0 Å². The molecule has 2 nitrogen and oxygen atoms in total. The Morgan fingerprint density at radius 2 is 1.48 bits per heavy atom. The molecule has 0 aliphatic heterocycles. The third-order valence-electron chi connectivity index (χ3n) is 8.59. The van der Waals surface area contributed by atoms with Crippen LogP contribution < -0.4 is 0 Å². The van der Waals surface area contributed by atoms with E-state index in [1.54, 1.807) is 0 Å². The van der Waals surface area contributed by atoms with Crippen LogP contribution in [0, 0.1) is 34.5 Å². The maximum atomic E-state index is 10.5. The van der Waals surface area contributed by atoms with E-state index in [0.29, 0.717) is 5.41 Å². The molecular weight excluding hydrogens is 260 g/mol. The van der Waals surface area contributed by atoms with Gasteiger partial charge in [0.05, 0.1) is 12.2 Å². The summed E-state index contributed by atoms with van der Waals surface area (Å²) >= 11 is 0. The largest absolute Gasteiger partial charge is 0.393 e. The Labute approximate surface area is 129 Å². The van der Waals surface area contributed by atoms with Crippen molar-refractivity contribution in [2.75, 3.05) is 0 Å². The number of fused-ring (bicyclic) bond motifs is 5. The normalized spacial score (nSPS) is 60.0. The molecule has 2 heteroatoms. The molecule has 120 valence electrons. The summed E-state index contributed by atoms with van der Waals surface area (Å²) in [5.74, 6) is 3.21. The van der Waals surface area contributed by atoms with E-state index in [-0.39, 0.29) is 17.6 Å². The first-order valence-corrected chi connectivity index (χ1v) is 9.31. The first-order chi connectivity index (χ1) is 9.95. The Hall–Kier alpha value is -0.0800. The Morgan fingerprint density at radius 3 is 2.29 bits per heavy atom. The number of hydrogen-bond donors (Lipinski definition) is 2. The molecule has 0 aromatic rings. The smallest absolute Gasteiger partial charge is 0.0596 e. The average Bonchev–Trinajstić information content (AvgIpc) is 2.76. The molecule has 0 bridgehead atoms. The lowest BCUT2D eigenvalue weighted by atomic mass is 9.45. The van der Waals surface area contributed by atoms with Gasteiger partial charge in [-0.1, -0.05) is 13.8 Å². The van der Waals surface area contributed by atoms with Gasteiger partial charge in [-0.2, -0.15) is 0 Å². The van der Waals surface area contributed by atoms with E-state index < -0.39 is 0 Å². The van der Waals surface area contributed by atoms with Gasteiger partial charge >= 0.3 is 0 Å². The minimum Gasteiger partial charge on any atom is -0.393 e. The third kappa shape index (κ3) is 1.91. The summed E-state index contributed by atoms with van der Waals surface area (Å²) in [4.78, 5) is 0. The second-order valence-electron chi connectivity index (χ2n) is 9.22. The van der Waals surface area contributed by atoms with Gasteiger partial charge in [-0.15, -0.1) is 0 Å². The van der Waals surface area contributed by atoms with E-state index in [1.165, 1.54) is 38.5 Å². The molecular formula is C19H32O2. The van der Waals surface area contributed by atoms with Crippen LogP contribution >= 0.6 is 0 Å². The number of rotatable bonds is 0. The van der Waals surface area contributed by atoms with E-state index in [2.05, 4.69) is 13.8 Å². The number of aliphatic hydroxyl groups excluding tert-OH is 2. The summed E-state index contributed by atoms with van der Waals surface area (Å²) in [5.41, 5.74) is 0.676. The van der Waals surface area contributed by atoms with E-state index in [0.717, 1.165) is 42.9 Å². The molecule has 4 rings (SSSR count). The first kappa shape index (κ1) is 14.5. The fourth-order valence-electron chi connectivity index (χ4n) is 7.21. The van der Waals surface area contributed by atoms with Crippen molar-refractivity contribution in [1.29, 1.82) is 0 Å². The molecule has 21 heavy (non-hydrogen) atoms. The third-order valence-corrected chi connectivity index (χ3v) is 8.59. The number of hydrogen-bond acceptors (Lipinski definition) is 2. The molecule has 0 saturated heterocycles. The Morgan fingerprint density at radius 1 is 0.762 bits per heavy atom. The maximum Gasteiger partial charge on any atom is 0.0596 e. The van der Waals surface area contributed by atoms with Crippen molar-refractivity contribution in [3.8, 4) is 0 Å². The summed E-state index contributed by atoms with van der Waals surface area (Å²) in [6, 6.07) is 0. The zero-order valence-corrected chi connectivity index (χ0v) is 13.7. The minimum atomic E-state index is -0.0536. The lowest BCUT2D eigenvalue weighted by Crippen LogP contribution is -2.54. The Bertz CT molecular complexity index is 422.